The minimum Gasteiger partial charge on any atom is -0.481 e. The Labute approximate surface area is 534 Å². The van der Waals surface area contributed by atoms with Crippen LogP contribution in [0, 0.1) is 0 Å². The number of ether oxygens (including phenoxy) is 2. The Balaban J connectivity index is 0.000000134. The molecule has 2 aliphatic rings. The fourth-order valence-corrected chi connectivity index (χ4v) is 11.1. The Bertz CT molecular complexity index is 4560. The molecule has 2 aliphatic heterocycles. The molecule has 5 aromatic carbocycles. The van der Waals surface area contributed by atoms with Crippen LogP contribution in [-0.2, 0) is 68.7 Å². The first-order valence-corrected chi connectivity index (χ1v) is 30.8. The minimum atomic E-state index is -0.952. The summed E-state index contributed by atoms with van der Waals surface area (Å²) in [5.74, 6) is -2.17. The molecule has 93 heavy (non-hydrogen) atoms. The monoisotopic (exact) mass is 1250 g/mol. The number of carbonyl (C=O) groups excluding carboxylic acids is 6. The Morgan fingerprint density at radius 3 is 1.62 bits per heavy atom. The van der Waals surface area contributed by atoms with Crippen LogP contribution in [-0.4, -0.2) is 115 Å². The van der Waals surface area contributed by atoms with E-state index in [9.17, 15) is 38.4 Å². The standard InChI is InChI=1S/C15H16N2O2.C15H18N2O2.C14H16N2O3.C14H8N2O.C10H12N2.C4H4O3/c1-19-14(18)7-6-13-15-11(8-9-16-13)10-4-2-3-5-12(10)17-15;1-11(18)6-7-15(19)16-9-8-12-10-17-14-5-3-2-4-13(12)14;17-13(5-6-14(18)19)15-8-7-10-9-16-12-4-2-1-3-11(10)12;17-13-6-5-11-14-10(7-8-15-11)9-3-1-2-4-12(9)16(13)14;11-6-5-8-7-12-10-4-2-1-3-9(8)10;5-3-1-2-4(6)7-3/h2-5,17H,6-9H2,1H3;2-5,10,17H,6-9H2,1H3,(H,16,19);1-4,9,16H,5-8H2,(H,15,17)(H,18,19);1-8H;1-4,7,12H,5-6,11H2;1-2H2. The predicted octanol–water partition coefficient (Wildman–Crippen LogP) is 10.3. The normalized spacial score (nSPS) is 12.2. The molecule has 0 bridgehead atoms. The summed E-state index contributed by atoms with van der Waals surface area (Å²) in [6.07, 6.45) is 13.2. The average Bonchev–Trinajstić information content (AvgIpc) is 1.59. The number of hydrogen-bond donors (Lipinski definition) is 8. The first-order valence-electron chi connectivity index (χ1n) is 30.8. The molecule has 9 heterocycles. The summed E-state index contributed by atoms with van der Waals surface area (Å²) in [7, 11) is 1.42. The molecule has 21 nitrogen and oxygen atoms in total. The number of aromatic amines is 4. The van der Waals surface area contributed by atoms with E-state index in [1.165, 1.54) is 52.4 Å². The summed E-state index contributed by atoms with van der Waals surface area (Å²) in [4.78, 5) is 109. The van der Waals surface area contributed by atoms with Crippen molar-refractivity contribution in [3.05, 3.63) is 203 Å². The van der Waals surface area contributed by atoms with Gasteiger partial charge in [0.1, 0.15) is 5.78 Å². The van der Waals surface area contributed by atoms with Crippen LogP contribution < -0.4 is 21.9 Å². The number of H-pyrrole nitrogens is 4. The van der Waals surface area contributed by atoms with Gasteiger partial charge in [-0.25, -0.2) is 0 Å². The SMILES string of the molecule is CC(=O)CCC(=O)NCCc1c[nH]c2ccccc12.COC(=O)CCC1=NCCc2c1[nH]c1ccccc21.NCCc1c[nH]c2ccccc12.O=C(O)CCC(=O)NCCc1c[nH]c2ccccc12.O=C1CCC(=O)O1.O=c1ccc2nccc3c4ccccc4n1c23. The third kappa shape index (κ3) is 17.7. The molecule has 9 N–H and O–H groups in total. The molecule has 14 rings (SSSR count). The summed E-state index contributed by atoms with van der Waals surface area (Å²) in [6.45, 7) is 4.12. The van der Waals surface area contributed by atoms with E-state index in [2.05, 4.69) is 92.5 Å². The number of nitrogens with one attached hydrogen (secondary N) is 6. The third-order valence-corrected chi connectivity index (χ3v) is 15.7. The highest BCUT2D eigenvalue weighted by Gasteiger charge is 2.21. The number of carboxylic acids is 1. The number of rotatable bonds is 17. The van der Waals surface area contributed by atoms with Gasteiger partial charge in [0.2, 0.25) is 11.8 Å². The lowest BCUT2D eigenvalue weighted by atomic mass is 10.00. The van der Waals surface area contributed by atoms with Crippen LogP contribution in [0.5, 0.6) is 0 Å². The number of nitrogens with two attached hydrogens (primary N) is 1. The summed E-state index contributed by atoms with van der Waals surface area (Å²) in [5, 5.41) is 21.1. The number of fused-ring (bicyclic) bond motifs is 9. The van der Waals surface area contributed by atoms with Gasteiger partial charge in [-0.15, -0.1) is 0 Å². The van der Waals surface area contributed by atoms with E-state index >= 15 is 0 Å². The van der Waals surface area contributed by atoms with Crippen LogP contribution in [0.25, 0.3) is 70.9 Å². The van der Waals surface area contributed by atoms with Gasteiger partial charge in [-0.1, -0.05) is 91.0 Å². The number of carbonyl (C=O) groups is 7. The quantitative estimate of drug-likeness (QED) is 0.0311. The van der Waals surface area contributed by atoms with Crippen LogP contribution in [0.4, 0.5) is 0 Å². The second kappa shape index (κ2) is 32.6. The number of ketones is 1. The molecular weight excluding hydrogens is 1180 g/mol. The maximum atomic E-state index is 12.0. The van der Waals surface area contributed by atoms with Crippen molar-refractivity contribution in [3.63, 3.8) is 0 Å². The Morgan fingerprint density at radius 2 is 1.10 bits per heavy atom. The molecule has 0 saturated carbocycles. The number of pyridine rings is 2. The number of aliphatic carboxylic acids is 1. The molecule has 12 aromatic rings. The first kappa shape index (κ1) is 66.4. The molecule has 7 aromatic heterocycles. The van der Waals surface area contributed by atoms with Crippen molar-refractivity contribution < 1.29 is 48.1 Å². The lowest BCUT2D eigenvalue weighted by Crippen LogP contribution is -2.25. The van der Waals surface area contributed by atoms with Gasteiger partial charge in [0.05, 0.1) is 60.7 Å². The first-order chi connectivity index (χ1) is 45.2. The summed E-state index contributed by atoms with van der Waals surface area (Å²) >= 11 is 0. The van der Waals surface area contributed by atoms with Crippen LogP contribution in [0.15, 0.2) is 174 Å². The van der Waals surface area contributed by atoms with Crippen LogP contribution in [0.2, 0.25) is 0 Å². The van der Waals surface area contributed by atoms with Gasteiger partial charge < -0.3 is 55.7 Å². The maximum absolute atomic E-state index is 12.0. The number of nitrogens with zero attached hydrogens (tertiary/aromatic N) is 3. The third-order valence-electron chi connectivity index (χ3n) is 15.7. The number of aliphatic imine (C=N–C) groups is 1. The summed E-state index contributed by atoms with van der Waals surface area (Å²) in [6, 6.07) is 45.9. The molecule has 2 amide bonds. The number of carboxylic acid groups (broad SMARTS) is 1. The van der Waals surface area contributed by atoms with E-state index in [1.807, 2.05) is 104 Å². The molecule has 21 heteroatoms. The Morgan fingerprint density at radius 1 is 0.581 bits per heavy atom. The molecule has 1 saturated heterocycles. The molecule has 1 fully saturated rings. The zero-order chi connectivity index (χ0) is 65.6. The lowest BCUT2D eigenvalue weighted by molar-refractivity contribution is -0.152. The van der Waals surface area contributed by atoms with Gasteiger partial charge in [0, 0.05) is 131 Å². The van der Waals surface area contributed by atoms with E-state index in [0.29, 0.717) is 38.9 Å². The molecule has 0 aliphatic carbocycles. The lowest BCUT2D eigenvalue weighted by Gasteiger charge is -2.12. The smallest absolute Gasteiger partial charge is 0.314 e. The molecule has 0 unspecified atom stereocenters. The van der Waals surface area contributed by atoms with Crippen molar-refractivity contribution in [3.8, 4) is 0 Å². The van der Waals surface area contributed by atoms with Gasteiger partial charge in [0.15, 0.2) is 0 Å². The van der Waals surface area contributed by atoms with Crippen molar-refractivity contribution >= 4 is 118 Å². The van der Waals surface area contributed by atoms with E-state index < -0.39 is 17.9 Å². The number of amides is 2. The number of hydrogen-bond acceptors (Lipinski definition) is 13. The zero-order valence-electron chi connectivity index (χ0n) is 51.9. The summed E-state index contributed by atoms with van der Waals surface area (Å²) in [5.41, 5.74) is 19.8. The average molecular weight is 1260 g/mol. The molecule has 0 atom stereocenters. The van der Waals surface area contributed by atoms with Gasteiger partial charge >= 0.3 is 23.9 Å². The van der Waals surface area contributed by atoms with E-state index in [1.54, 1.807) is 22.7 Å². The predicted molar refractivity (Wildman–Crippen MR) is 361 cm³/mol. The number of cyclic esters (lactones) is 2. The highest BCUT2D eigenvalue weighted by atomic mass is 16.6. The van der Waals surface area contributed by atoms with Crippen LogP contribution in [0.3, 0.4) is 0 Å². The van der Waals surface area contributed by atoms with Crippen LogP contribution >= 0.6 is 0 Å². The highest BCUT2D eigenvalue weighted by molar-refractivity contribution is 6.13. The Hall–Kier alpha value is -11.1. The molecular formula is C72H74N10O11. The van der Waals surface area contributed by atoms with Gasteiger partial charge in [0.25, 0.3) is 5.56 Å². The van der Waals surface area contributed by atoms with Crippen molar-refractivity contribution in [1.82, 2.24) is 40.0 Å². The Kier molecular flexibility index (Phi) is 23.3. The van der Waals surface area contributed by atoms with E-state index in [0.717, 1.165) is 98.5 Å². The summed E-state index contributed by atoms with van der Waals surface area (Å²) < 4.78 is 10.5. The fraction of sp³-hybridized carbons (Fsp3) is 0.250. The number of Topliss-reactive ketones (excluding diaryl/α,β-unsaturated/α-hetero) is 1. The largest absolute Gasteiger partial charge is 0.481 e. The number of methoxy groups -OCH3 is 1. The number of para-hydroxylation sites is 5. The van der Waals surface area contributed by atoms with Crippen molar-refractivity contribution in [2.75, 3.05) is 33.3 Å². The number of esters is 3. The second-order valence-corrected chi connectivity index (χ2v) is 22.1. The highest BCUT2D eigenvalue weighted by Crippen LogP contribution is 2.30. The van der Waals surface area contributed by atoms with Crippen molar-refractivity contribution in [2.24, 2.45) is 10.7 Å². The van der Waals surface area contributed by atoms with Crippen molar-refractivity contribution in [2.45, 2.75) is 84.0 Å². The minimum absolute atomic E-state index is 0.00306. The molecule has 0 spiro atoms. The maximum Gasteiger partial charge on any atom is 0.314 e. The number of aromatic nitrogens is 6. The van der Waals surface area contributed by atoms with Gasteiger partial charge in [-0.05, 0) is 104 Å². The fourth-order valence-electron chi connectivity index (χ4n) is 11.1. The van der Waals surface area contributed by atoms with Crippen LogP contribution in [0.1, 0.15) is 86.2 Å². The van der Waals surface area contributed by atoms with Gasteiger partial charge in [-0.3, -0.25) is 47.9 Å². The molecule has 0 radical (unpaired) electrons. The topological polar surface area (TPSA) is 318 Å². The zero-order valence-corrected chi connectivity index (χ0v) is 51.9. The number of benzene rings is 5. The van der Waals surface area contributed by atoms with Crippen molar-refractivity contribution in [1.29, 1.82) is 0 Å². The van der Waals surface area contributed by atoms with Gasteiger partial charge in [-0.2, -0.15) is 0 Å². The van der Waals surface area contributed by atoms with E-state index in [-0.39, 0.29) is 61.2 Å². The second-order valence-electron chi connectivity index (χ2n) is 22.1. The van der Waals surface area contributed by atoms with E-state index in [4.69, 9.17) is 10.8 Å². The molecule has 478 valence electrons.